The minimum atomic E-state index is -3.48. The van der Waals surface area contributed by atoms with E-state index in [1.807, 2.05) is 26.0 Å². The molecule has 142 valence electrons. The molecule has 0 saturated heterocycles. The van der Waals surface area contributed by atoms with Crippen LogP contribution in [0.15, 0.2) is 46.2 Å². The normalized spacial score (nSPS) is 14.3. The third kappa shape index (κ3) is 3.68. The van der Waals surface area contributed by atoms with Gasteiger partial charge in [0.2, 0.25) is 9.84 Å². The second-order valence-corrected chi connectivity index (χ2v) is 8.19. The Labute approximate surface area is 163 Å². The highest BCUT2D eigenvalue weighted by Gasteiger charge is 2.21. The Kier molecular flexibility index (Phi) is 5.08. The van der Waals surface area contributed by atoms with Crippen molar-refractivity contribution in [2.75, 3.05) is 12.4 Å². The summed E-state index contributed by atoms with van der Waals surface area (Å²) in [5.41, 5.74) is 3.38. The smallest absolute Gasteiger partial charge is 0.266 e. The maximum atomic E-state index is 12.5. The Hall–Kier alpha value is -3.37. The maximum Gasteiger partial charge on any atom is 0.266 e. The minimum Gasteiger partial charge on any atom is -0.496 e. The monoisotopic (exact) mass is 394 g/mol. The number of benzene rings is 2. The molecule has 6 nitrogen and oxygen atoms in total. The molecular formula is C21H18N2O4S. The van der Waals surface area contributed by atoms with Gasteiger partial charge in [0.25, 0.3) is 5.91 Å². The molecule has 0 aliphatic carbocycles. The van der Waals surface area contributed by atoms with Crippen LogP contribution in [0.25, 0.3) is 12.2 Å². The zero-order valence-electron chi connectivity index (χ0n) is 15.6. The average Bonchev–Trinajstić information content (AvgIpc) is 2.96. The number of hydrogen-bond acceptors (Lipinski definition) is 5. The Balaban J connectivity index is 1.89. The van der Waals surface area contributed by atoms with Crippen molar-refractivity contribution in [3.05, 3.63) is 63.6 Å². The van der Waals surface area contributed by atoms with Gasteiger partial charge >= 0.3 is 0 Å². The Morgan fingerprint density at radius 1 is 1.21 bits per heavy atom. The second-order valence-electron chi connectivity index (χ2n) is 6.39. The number of sulfone groups is 1. The number of carbonyl (C=O) groups is 1. The molecule has 7 heteroatoms. The van der Waals surface area contributed by atoms with Crippen molar-refractivity contribution in [1.82, 2.24) is 0 Å². The molecule has 1 heterocycles. The van der Waals surface area contributed by atoms with Crippen LogP contribution in [-0.2, 0) is 14.6 Å². The van der Waals surface area contributed by atoms with Crippen molar-refractivity contribution < 1.29 is 17.9 Å². The van der Waals surface area contributed by atoms with E-state index in [2.05, 4.69) is 5.32 Å². The van der Waals surface area contributed by atoms with Crippen molar-refractivity contribution in [2.24, 2.45) is 0 Å². The molecule has 28 heavy (non-hydrogen) atoms. The van der Waals surface area contributed by atoms with E-state index < -0.39 is 15.7 Å². The van der Waals surface area contributed by atoms with Crippen LogP contribution >= 0.6 is 0 Å². The van der Waals surface area contributed by atoms with Crippen molar-refractivity contribution in [2.45, 2.75) is 18.7 Å². The zero-order chi connectivity index (χ0) is 20.5. The molecule has 1 N–H and O–H groups in total. The number of nitrogens with one attached hydrogen (secondary N) is 1. The minimum absolute atomic E-state index is 0.105. The number of anilines is 1. The molecule has 0 saturated carbocycles. The molecule has 0 radical (unpaired) electrons. The van der Waals surface area contributed by atoms with E-state index in [9.17, 15) is 18.5 Å². The Bertz CT molecular complexity index is 1190. The number of nitrogens with zero attached hydrogens (tertiary/aromatic N) is 1. The lowest BCUT2D eigenvalue weighted by Crippen LogP contribution is -2.13. The van der Waals surface area contributed by atoms with Gasteiger partial charge in [-0.2, -0.15) is 5.26 Å². The molecule has 2 aromatic carbocycles. The number of nitriles is 1. The summed E-state index contributed by atoms with van der Waals surface area (Å²) in [6, 6.07) is 10.1. The molecule has 3 rings (SSSR count). The summed E-state index contributed by atoms with van der Waals surface area (Å²) in [4.78, 5) is 12.6. The summed E-state index contributed by atoms with van der Waals surface area (Å²) in [5.74, 6) is 0.0447. The summed E-state index contributed by atoms with van der Waals surface area (Å²) >= 11 is 0. The first-order valence-corrected chi connectivity index (χ1v) is 9.95. The molecule has 1 aliphatic rings. The van der Waals surface area contributed by atoms with Crippen molar-refractivity contribution in [3.63, 3.8) is 0 Å². The summed E-state index contributed by atoms with van der Waals surface area (Å²) in [6.45, 7) is 3.84. The van der Waals surface area contributed by atoms with E-state index in [1.165, 1.54) is 18.2 Å². The van der Waals surface area contributed by atoms with Gasteiger partial charge in [-0.05, 0) is 66.5 Å². The Morgan fingerprint density at radius 3 is 2.64 bits per heavy atom. The third-order valence-electron chi connectivity index (χ3n) is 4.54. The molecule has 1 amide bonds. The van der Waals surface area contributed by atoms with Crippen molar-refractivity contribution >= 4 is 33.6 Å². The van der Waals surface area contributed by atoms with E-state index in [1.54, 1.807) is 25.3 Å². The van der Waals surface area contributed by atoms with Crippen LogP contribution in [0, 0.1) is 25.2 Å². The van der Waals surface area contributed by atoms with E-state index in [0.717, 1.165) is 16.5 Å². The van der Waals surface area contributed by atoms with Crippen LogP contribution in [0.3, 0.4) is 0 Å². The zero-order valence-corrected chi connectivity index (χ0v) is 16.4. The highest BCUT2D eigenvalue weighted by Crippen LogP contribution is 2.29. The third-order valence-corrected chi connectivity index (χ3v) is 6.00. The molecule has 0 spiro atoms. The Morgan fingerprint density at radius 2 is 1.96 bits per heavy atom. The lowest BCUT2D eigenvalue weighted by molar-refractivity contribution is -0.112. The first kappa shape index (κ1) is 19.4. The summed E-state index contributed by atoms with van der Waals surface area (Å²) in [5, 5.41) is 13.1. The van der Waals surface area contributed by atoms with E-state index >= 15 is 0 Å². The van der Waals surface area contributed by atoms with Crippen molar-refractivity contribution in [3.8, 4) is 11.8 Å². The topological polar surface area (TPSA) is 96.3 Å². The molecule has 1 aliphatic heterocycles. The quantitative estimate of drug-likeness (QED) is 0.631. The first-order valence-electron chi connectivity index (χ1n) is 8.41. The summed E-state index contributed by atoms with van der Waals surface area (Å²) in [7, 11) is -1.92. The standard InChI is InChI=1S/C21H18N2O4S/c1-13-8-15(10-19(27-3)14(13)2)9-17(12-22)21(24)23-18-5-4-16-6-7-28(25,26)20(16)11-18/h4-11H,1-3H3,(H,23,24)/b17-9+. The number of aryl methyl sites for hydroxylation is 1. The molecule has 0 fully saturated rings. The van der Waals surface area contributed by atoms with Crippen LogP contribution in [0.4, 0.5) is 5.69 Å². The van der Waals surface area contributed by atoms with Gasteiger partial charge in [-0.25, -0.2) is 8.42 Å². The predicted octanol–water partition coefficient (Wildman–Crippen LogP) is 3.62. The lowest BCUT2D eigenvalue weighted by Gasteiger charge is -2.10. The molecule has 0 bridgehead atoms. The predicted molar refractivity (Wildman–Crippen MR) is 107 cm³/mol. The molecule has 0 atom stereocenters. The average molecular weight is 394 g/mol. The van der Waals surface area contributed by atoms with Gasteiger partial charge in [0.15, 0.2) is 0 Å². The molecule has 2 aromatic rings. The van der Waals surface area contributed by atoms with Crippen LogP contribution in [-0.4, -0.2) is 21.4 Å². The van der Waals surface area contributed by atoms with E-state index in [4.69, 9.17) is 4.74 Å². The number of carbonyl (C=O) groups excluding carboxylic acids is 1. The fourth-order valence-electron chi connectivity index (χ4n) is 2.90. The highest BCUT2D eigenvalue weighted by atomic mass is 32.2. The SMILES string of the molecule is COc1cc(/C=C(\C#N)C(=O)Nc2ccc3c(c2)S(=O)(=O)C=C3)cc(C)c1C. The van der Waals surface area contributed by atoms with Crippen LogP contribution in [0.2, 0.25) is 0 Å². The van der Waals surface area contributed by atoms with Gasteiger partial charge < -0.3 is 10.1 Å². The van der Waals surface area contributed by atoms with Gasteiger partial charge in [-0.1, -0.05) is 12.1 Å². The van der Waals surface area contributed by atoms with E-state index in [0.29, 0.717) is 22.6 Å². The number of methoxy groups -OCH3 is 1. The van der Waals surface area contributed by atoms with Gasteiger partial charge in [0.1, 0.15) is 17.4 Å². The molecule has 0 unspecified atom stereocenters. The number of fused-ring (bicyclic) bond motifs is 1. The molecular weight excluding hydrogens is 376 g/mol. The lowest BCUT2D eigenvalue weighted by atomic mass is 10.0. The van der Waals surface area contributed by atoms with Gasteiger partial charge in [-0.3, -0.25) is 4.79 Å². The fraction of sp³-hybridized carbons (Fsp3) is 0.143. The van der Waals surface area contributed by atoms with Gasteiger partial charge in [0.05, 0.1) is 12.0 Å². The first-order chi connectivity index (χ1) is 13.2. The number of hydrogen-bond donors (Lipinski definition) is 1. The largest absolute Gasteiger partial charge is 0.496 e. The van der Waals surface area contributed by atoms with Crippen LogP contribution < -0.4 is 10.1 Å². The summed E-state index contributed by atoms with van der Waals surface area (Å²) < 4.78 is 29.3. The summed E-state index contributed by atoms with van der Waals surface area (Å²) in [6.07, 6.45) is 2.97. The van der Waals surface area contributed by atoms with Crippen molar-refractivity contribution in [1.29, 1.82) is 5.26 Å². The van der Waals surface area contributed by atoms with Crippen LogP contribution in [0.1, 0.15) is 22.3 Å². The highest BCUT2D eigenvalue weighted by molar-refractivity contribution is 7.94. The van der Waals surface area contributed by atoms with Crippen LogP contribution in [0.5, 0.6) is 5.75 Å². The number of rotatable bonds is 4. The fourth-order valence-corrected chi connectivity index (χ4v) is 4.12. The second kappa shape index (κ2) is 7.33. The van der Waals surface area contributed by atoms with Gasteiger partial charge in [-0.15, -0.1) is 0 Å². The maximum absolute atomic E-state index is 12.5. The number of ether oxygens (including phenoxy) is 1. The number of amides is 1. The molecule has 0 aromatic heterocycles. The van der Waals surface area contributed by atoms with Gasteiger partial charge in [0, 0.05) is 11.1 Å². The van der Waals surface area contributed by atoms with E-state index in [-0.39, 0.29) is 10.5 Å².